The van der Waals surface area contributed by atoms with Crippen LogP contribution in [0.1, 0.15) is 29.3 Å². The number of ether oxygens (including phenoxy) is 1. The van der Waals surface area contributed by atoms with Crippen LogP contribution in [0.15, 0.2) is 59.7 Å². The highest BCUT2D eigenvalue weighted by atomic mass is 16.5. The number of rotatable bonds is 8. The van der Waals surface area contributed by atoms with Gasteiger partial charge in [0.1, 0.15) is 5.75 Å². The normalized spacial score (nSPS) is 10.4. The van der Waals surface area contributed by atoms with E-state index in [1.165, 1.54) is 6.21 Å². The third-order valence-electron chi connectivity index (χ3n) is 3.20. The molecule has 2 rings (SSSR count). The predicted molar refractivity (Wildman–Crippen MR) is 96.7 cm³/mol. The lowest BCUT2D eigenvalue weighted by atomic mass is 10.2. The predicted octanol–water partition coefficient (Wildman–Crippen LogP) is 2.36. The van der Waals surface area contributed by atoms with Crippen LogP contribution in [0.25, 0.3) is 0 Å². The maximum atomic E-state index is 12.0. The Labute approximate surface area is 146 Å². The molecule has 0 spiro atoms. The molecule has 6 nitrogen and oxygen atoms in total. The molecule has 0 aromatic heterocycles. The Hall–Kier alpha value is -3.15. The number of carbonyl (C=O) groups excluding carboxylic acids is 2. The van der Waals surface area contributed by atoms with Gasteiger partial charge in [-0.25, -0.2) is 5.43 Å². The minimum atomic E-state index is -0.400. The van der Waals surface area contributed by atoms with Gasteiger partial charge < -0.3 is 10.1 Å². The number of carbonyl (C=O) groups is 2. The van der Waals surface area contributed by atoms with Crippen molar-refractivity contribution >= 4 is 18.0 Å². The molecule has 0 aliphatic heterocycles. The molecule has 0 aliphatic rings. The second-order valence-corrected chi connectivity index (χ2v) is 5.26. The SMILES string of the molecule is CCCOc1ccc(C(=O)NCC(=O)NN=Cc2ccccc2)cc1. The molecule has 25 heavy (non-hydrogen) atoms. The second-order valence-electron chi connectivity index (χ2n) is 5.26. The van der Waals surface area contributed by atoms with Gasteiger partial charge in [0.25, 0.3) is 11.8 Å². The van der Waals surface area contributed by atoms with Gasteiger partial charge in [-0.15, -0.1) is 0 Å². The molecule has 2 amide bonds. The van der Waals surface area contributed by atoms with Crippen molar-refractivity contribution < 1.29 is 14.3 Å². The summed E-state index contributed by atoms with van der Waals surface area (Å²) in [6.07, 6.45) is 2.46. The summed E-state index contributed by atoms with van der Waals surface area (Å²) in [5.74, 6) is -0.0148. The number of nitrogens with one attached hydrogen (secondary N) is 2. The first kappa shape index (κ1) is 18.2. The molecule has 0 aliphatic carbocycles. The molecule has 130 valence electrons. The van der Waals surface area contributed by atoms with Gasteiger partial charge in [0, 0.05) is 5.56 Å². The van der Waals surface area contributed by atoms with E-state index in [4.69, 9.17) is 4.74 Å². The van der Waals surface area contributed by atoms with E-state index in [-0.39, 0.29) is 12.5 Å². The summed E-state index contributed by atoms with van der Waals surface area (Å²) >= 11 is 0. The Bertz CT molecular complexity index is 712. The van der Waals surface area contributed by atoms with Gasteiger partial charge >= 0.3 is 0 Å². The van der Waals surface area contributed by atoms with Crippen molar-refractivity contribution in [1.82, 2.24) is 10.7 Å². The maximum absolute atomic E-state index is 12.0. The first-order valence-electron chi connectivity index (χ1n) is 8.07. The smallest absolute Gasteiger partial charge is 0.259 e. The quantitative estimate of drug-likeness (QED) is 0.572. The van der Waals surface area contributed by atoms with Crippen LogP contribution in [0.3, 0.4) is 0 Å². The van der Waals surface area contributed by atoms with Crippen LogP contribution in [0.4, 0.5) is 0 Å². The number of amides is 2. The standard InChI is InChI=1S/C19H21N3O3/c1-2-12-25-17-10-8-16(9-11-17)19(24)20-14-18(23)22-21-13-15-6-4-3-5-7-15/h3-11,13H,2,12,14H2,1H3,(H,20,24)(H,22,23). The fourth-order valence-corrected chi connectivity index (χ4v) is 1.94. The topological polar surface area (TPSA) is 79.8 Å². The van der Waals surface area contributed by atoms with Gasteiger partial charge in [-0.05, 0) is 36.2 Å². The van der Waals surface area contributed by atoms with E-state index in [2.05, 4.69) is 15.8 Å². The van der Waals surface area contributed by atoms with Crippen LogP contribution < -0.4 is 15.5 Å². The number of nitrogens with zero attached hydrogens (tertiary/aromatic N) is 1. The molecule has 0 bridgehead atoms. The summed E-state index contributed by atoms with van der Waals surface area (Å²) in [5.41, 5.74) is 3.70. The molecule has 0 radical (unpaired) electrons. The fraction of sp³-hybridized carbons (Fsp3) is 0.211. The van der Waals surface area contributed by atoms with Crippen LogP contribution in [0.5, 0.6) is 5.75 Å². The van der Waals surface area contributed by atoms with Crippen molar-refractivity contribution in [2.75, 3.05) is 13.2 Å². The van der Waals surface area contributed by atoms with Crippen LogP contribution in [0, 0.1) is 0 Å². The zero-order valence-corrected chi connectivity index (χ0v) is 14.1. The Morgan fingerprint density at radius 3 is 2.48 bits per heavy atom. The average molecular weight is 339 g/mol. The molecule has 0 heterocycles. The third-order valence-corrected chi connectivity index (χ3v) is 3.20. The zero-order valence-electron chi connectivity index (χ0n) is 14.1. The van der Waals surface area contributed by atoms with E-state index in [1.807, 2.05) is 37.3 Å². The minimum Gasteiger partial charge on any atom is -0.494 e. The van der Waals surface area contributed by atoms with E-state index >= 15 is 0 Å². The Balaban J connectivity index is 1.75. The first-order valence-corrected chi connectivity index (χ1v) is 8.07. The van der Waals surface area contributed by atoms with Gasteiger partial charge in [0.2, 0.25) is 0 Å². The highest BCUT2D eigenvalue weighted by Crippen LogP contribution is 2.12. The van der Waals surface area contributed by atoms with Crippen molar-refractivity contribution in [2.45, 2.75) is 13.3 Å². The molecular weight excluding hydrogens is 318 g/mol. The molecule has 6 heteroatoms. The Morgan fingerprint density at radius 1 is 1.08 bits per heavy atom. The summed E-state index contributed by atoms with van der Waals surface area (Å²) < 4.78 is 5.46. The van der Waals surface area contributed by atoms with E-state index in [0.717, 1.165) is 12.0 Å². The summed E-state index contributed by atoms with van der Waals surface area (Å²) in [5, 5.41) is 6.38. The molecule has 2 aromatic carbocycles. The molecule has 2 aromatic rings. The van der Waals surface area contributed by atoms with Crippen LogP contribution in [-0.2, 0) is 4.79 Å². The largest absolute Gasteiger partial charge is 0.494 e. The van der Waals surface area contributed by atoms with E-state index in [0.29, 0.717) is 17.9 Å². The Kier molecular flexibility index (Phi) is 7.18. The van der Waals surface area contributed by atoms with Gasteiger partial charge in [-0.2, -0.15) is 5.10 Å². The molecule has 0 fully saturated rings. The number of benzene rings is 2. The third kappa shape index (κ3) is 6.47. The van der Waals surface area contributed by atoms with Gasteiger partial charge in [0.05, 0.1) is 19.4 Å². The maximum Gasteiger partial charge on any atom is 0.259 e. The average Bonchev–Trinajstić information content (AvgIpc) is 2.65. The number of hydrogen-bond acceptors (Lipinski definition) is 4. The summed E-state index contributed by atoms with van der Waals surface area (Å²) in [4.78, 5) is 23.7. The van der Waals surface area contributed by atoms with Crippen molar-refractivity contribution in [3.05, 3.63) is 65.7 Å². The van der Waals surface area contributed by atoms with Crippen molar-refractivity contribution in [3.63, 3.8) is 0 Å². The molecule has 0 unspecified atom stereocenters. The lowest BCUT2D eigenvalue weighted by Gasteiger charge is -2.06. The van der Waals surface area contributed by atoms with Crippen LogP contribution in [0.2, 0.25) is 0 Å². The molecular formula is C19H21N3O3. The summed E-state index contributed by atoms with van der Waals surface area (Å²) in [6, 6.07) is 16.2. The van der Waals surface area contributed by atoms with Crippen molar-refractivity contribution in [3.8, 4) is 5.75 Å². The highest BCUT2D eigenvalue weighted by molar-refractivity contribution is 5.96. The molecule has 2 N–H and O–H groups in total. The van der Waals surface area contributed by atoms with Crippen LogP contribution in [-0.4, -0.2) is 31.2 Å². The van der Waals surface area contributed by atoms with Crippen molar-refractivity contribution in [2.24, 2.45) is 5.10 Å². The van der Waals surface area contributed by atoms with E-state index in [9.17, 15) is 9.59 Å². The zero-order chi connectivity index (χ0) is 17.9. The van der Waals surface area contributed by atoms with Gasteiger partial charge in [-0.3, -0.25) is 9.59 Å². The summed E-state index contributed by atoms with van der Waals surface area (Å²) in [6.45, 7) is 2.50. The lowest BCUT2D eigenvalue weighted by molar-refractivity contribution is -0.120. The molecule has 0 saturated carbocycles. The number of hydrogen-bond donors (Lipinski definition) is 2. The van der Waals surface area contributed by atoms with E-state index < -0.39 is 5.91 Å². The lowest BCUT2D eigenvalue weighted by Crippen LogP contribution is -2.34. The second kappa shape index (κ2) is 9.87. The first-order chi connectivity index (χ1) is 12.2. The molecule has 0 saturated heterocycles. The molecule has 0 atom stereocenters. The monoisotopic (exact) mass is 339 g/mol. The highest BCUT2D eigenvalue weighted by Gasteiger charge is 2.07. The Morgan fingerprint density at radius 2 is 1.80 bits per heavy atom. The van der Waals surface area contributed by atoms with Gasteiger partial charge in [-0.1, -0.05) is 37.3 Å². The fourth-order valence-electron chi connectivity index (χ4n) is 1.94. The van der Waals surface area contributed by atoms with E-state index in [1.54, 1.807) is 24.3 Å². The van der Waals surface area contributed by atoms with Crippen molar-refractivity contribution in [1.29, 1.82) is 0 Å². The van der Waals surface area contributed by atoms with Gasteiger partial charge in [0.15, 0.2) is 0 Å². The summed E-state index contributed by atoms with van der Waals surface area (Å²) in [7, 11) is 0. The minimum absolute atomic E-state index is 0.154. The number of hydrazone groups is 1. The van der Waals surface area contributed by atoms with Crippen LogP contribution >= 0.6 is 0 Å².